The van der Waals surface area contributed by atoms with Crippen molar-refractivity contribution in [2.75, 3.05) is 40.4 Å². The van der Waals surface area contributed by atoms with Crippen molar-refractivity contribution in [1.29, 1.82) is 0 Å². The summed E-state index contributed by atoms with van der Waals surface area (Å²) in [7, 11) is 3.74. The van der Waals surface area contributed by atoms with Crippen LogP contribution in [0, 0.1) is 5.92 Å². The molecular weight excluding hydrogens is 192 g/mol. The number of hydrogen-bond donors (Lipinski definition) is 1. The largest absolute Gasteiger partial charge is 0.383 e. The van der Waals surface area contributed by atoms with E-state index in [9.17, 15) is 4.79 Å². The van der Waals surface area contributed by atoms with Crippen molar-refractivity contribution in [1.82, 2.24) is 10.2 Å². The Labute approximate surface area is 92.0 Å². The van der Waals surface area contributed by atoms with Crippen LogP contribution in [0.4, 0.5) is 0 Å². The van der Waals surface area contributed by atoms with Gasteiger partial charge in [-0.25, -0.2) is 0 Å². The van der Waals surface area contributed by atoms with Crippen LogP contribution in [0.5, 0.6) is 0 Å². The lowest BCUT2D eigenvalue weighted by molar-refractivity contribution is -0.127. The molecule has 1 saturated carbocycles. The third-order valence-electron chi connectivity index (χ3n) is 2.95. The third kappa shape index (κ3) is 4.62. The highest BCUT2D eigenvalue weighted by molar-refractivity contribution is 5.79. The van der Waals surface area contributed by atoms with Crippen LogP contribution in [0.3, 0.4) is 0 Å². The summed E-state index contributed by atoms with van der Waals surface area (Å²) in [5.41, 5.74) is 0. The summed E-state index contributed by atoms with van der Waals surface area (Å²) >= 11 is 0. The van der Waals surface area contributed by atoms with Crippen LogP contribution < -0.4 is 5.32 Å². The van der Waals surface area contributed by atoms with Crippen molar-refractivity contribution in [2.45, 2.75) is 19.3 Å². The molecule has 1 rings (SSSR count). The van der Waals surface area contributed by atoms with Crippen LogP contribution >= 0.6 is 0 Å². The Morgan fingerprint density at radius 1 is 1.47 bits per heavy atom. The van der Waals surface area contributed by atoms with E-state index in [0.29, 0.717) is 5.92 Å². The van der Waals surface area contributed by atoms with Gasteiger partial charge in [-0.2, -0.15) is 0 Å². The number of nitrogens with one attached hydrogen (secondary N) is 1. The second kappa shape index (κ2) is 6.80. The average molecular weight is 214 g/mol. The second-order valence-electron chi connectivity index (χ2n) is 4.21. The summed E-state index contributed by atoms with van der Waals surface area (Å²) < 4.78 is 4.98. The van der Waals surface area contributed by atoms with Crippen molar-refractivity contribution in [3.63, 3.8) is 0 Å². The highest BCUT2D eigenvalue weighted by Crippen LogP contribution is 2.25. The van der Waals surface area contributed by atoms with Crippen LogP contribution in [-0.4, -0.2) is 51.2 Å². The minimum atomic E-state index is 0.237. The molecule has 0 heterocycles. The lowest BCUT2D eigenvalue weighted by atomic mass is 9.85. The van der Waals surface area contributed by atoms with Gasteiger partial charge in [0.05, 0.1) is 6.61 Å². The normalized spacial score (nSPS) is 16.5. The number of ether oxygens (including phenoxy) is 1. The Morgan fingerprint density at radius 3 is 2.73 bits per heavy atom. The third-order valence-corrected chi connectivity index (χ3v) is 2.95. The Morgan fingerprint density at radius 2 is 2.20 bits per heavy atom. The molecule has 4 nitrogen and oxygen atoms in total. The molecule has 15 heavy (non-hydrogen) atoms. The van der Waals surface area contributed by atoms with Crippen LogP contribution in [0.2, 0.25) is 0 Å². The Kier molecular flexibility index (Phi) is 5.65. The number of nitrogens with zero attached hydrogens (tertiary/aromatic N) is 1. The number of amides is 1. The minimum Gasteiger partial charge on any atom is -0.383 e. The molecule has 4 heteroatoms. The van der Waals surface area contributed by atoms with Crippen LogP contribution in [0.1, 0.15) is 19.3 Å². The van der Waals surface area contributed by atoms with Crippen LogP contribution in [-0.2, 0) is 9.53 Å². The maximum absolute atomic E-state index is 11.5. The lowest BCUT2D eigenvalue weighted by Gasteiger charge is -2.24. The molecule has 88 valence electrons. The quantitative estimate of drug-likeness (QED) is 0.670. The molecule has 1 amide bonds. The zero-order chi connectivity index (χ0) is 11.1. The molecule has 1 fully saturated rings. The smallest absolute Gasteiger partial charge is 0.223 e. The number of likely N-dealkylation sites (N-methyl/N-ethyl adjacent to an activating group) is 1. The molecule has 0 saturated heterocycles. The molecule has 0 bridgehead atoms. The molecule has 0 aromatic rings. The average Bonchev–Trinajstić information content (AvgIpc) is 2.12. The predicted octanol–water partition coefficient (Wildman–Crippen LogP) is 0.481. The molecular formula is C11H22N2O2. The first-order chi connectivity index (χ1) is 7.24. The maximum atomic E-state index is 11.5. The van der Waals surface area contributed by atoms with Gasteiger partial charge in [0.25, 0.3) is 0 Å². The topological polar surface area (TPSA) is 41.6 Å². The van der Waals surface area contributed by atoms with Crippen molar-refractivity contribution >= 4 is 5.91 Å². The summed E-state index contributed by atoms with van der Waals surface area (Å²) in [6.45, 7) is 3.29. The van der Waals surface area contributed by atoms with Crippen molar-refractivity contribution < 1.29 is 9.53 Å². The first-order valence-electron chi connectivity index (χ1n) is 5.69. The van der Waals surface area contributed by atoms with E-state index in [2.05, 4.69) is 10.2 Å². The van der Waals surface area contributed by atoms with Gasteiger partial charge in [0.15, 0.2) is 0 Å². The highest BCUT2D eigenvalue weighted by Gasteiger charge is 2.24. The van der Waals surface area contributed by atoms with Gasteiger partial charge in [-0.1, -0.05) is 6.42 Å². The molecule has 1 aliphatic rings. The fourth-order valence-electron chi connectivity index (χ4n) is 1.54. The van der Waals surface area contributed by atoms with Gasteiger partial charge in [0.1, 0.15) is 0 Å². The number of carbonyl (C=O) groups excluding carboxylic acids is 1. The zero-order valence-corrected chi connectivity index (χ0v) is 9.79. The van der Waals surface area contributed by atoms with E-state index >= 15 is 0 Å². The van der Waals surface area contributed by atoms with Gasteiger partial charge in [0, 0.05) is 32.7 Å². The molecule has 0 aliphatic heterocycles. The summed E-state index contributed by atoms with van der Waals surface area (Å²) in [6.07, 6.45) is 3.36. The lowest BCUT2D eigenvalue weighted by Crippen LogP contribution is -2.39. The Balaban J connectivity index is 1.97. The van der Waals surface area contributed by atoms with Gasteiger partial charge in [-0.15, -0.1) is 0 Å². The molecule has 0 radical (unpaired) electrons. The fraction of sp³-hybridized carbons (Fsp3) is 0.909. The molecule has 0 spiro atoms. The van der Waals surface area contributed by atoms with Crippen LogP contribution in [0.25, 0.3) is 0 Å². The maximum Gasteiger partial charge on any atom is 0.223 e. The molecule has 0 atom stereocenters. The van der Waals surface area contributed by atoms with Crippen LogP contribution in [0.15, 0.2) is 0 Å². The molecule has 1 aliphatic carbocycles. The summed E-state index contributed by atoms with van der Waals surface area (Å²) in [6, 6.07) is 0. The van der Waals surface area contributed by atoms with Crippen molar-refractivity contribution in [3.8, 4) is 0 Å². The van der Waals surface area contributed by atoms with Gasteiger partial charge >= 0.3 is 0 Å². The van der Waals surface area contributed by atoms with Gasteiger partial charge in [-0.05, 0) is 19.9 Å². The number of carbonyl (C=O) groups is 1. The summed E-state index contributed by atoms with van der Waals surface area (Å²) in [5.74, 6) is 0.538. The van der Waals surface area contributed by atoms with Gasteiger partial charge in [0.2, 0.25) is 5.91 Å². The van der Waals surface area contributed by atoms with E-state index in [-0.39, 0.29) is 5.91 Å². The van der Waals surface area contributed by atoms with Gasteiger partial charge in [-0.3, -0.25) is 4.79 Å². The minimum absolute atomic E-state index is 0.237. The monoisotopic (exact) mass is 214 g/mol. The van der Waals surface area contributed by atoms with E-state index in [1.54, 1.807) is 7.11 Å². The molecule has 0 aromatic heterocycles. The number of methoxy groups -OCH3 is 1. The first kappa shape index (κ1) is 12.5. The second-order valence-corrected chi connectivity index (χ2v) is 4.21. The Bertz CT molecular complexity index is 193. The molecule has 0 aromatic carbocycles. The standard InChI is InChI=1S/C11H22N2O2/c1-13(8-9-15-2)7-6-12-11(14)10-4-3-5-10/h10H,3-9H2,1-2H3,(H,12,14). The van der Waals surface area contributed by atoms with Crippen molar-refractivity contribution in [2.24, 2.45) is 5.92 Å². The van der Waals surface area contributed by atoms with E-state index in [1.165, 1.54) is 6.42 Å². The van der Waals surface area contributed by atoms with Gasteiger partial charge < -0.3 is 15.0 Å². The fourth-order valence-corrected chi connectivity index (χ4v) is 1.54. The number of hydrogen-bond acceptors (Lipinski definition) is 3. The Hall–Kier alpha value is -0.610. The SMILES string of the molecule is COCCN(C)CCNC(=O)C1CCC1. The first-order valence-corrected chi connectivity index (χ1v) is 5.69. The number of rotatable bonds is 7. The summed E-state index contributed by atoms with van der Waals surface area (Å²) in [5, 5.41) is 2.97. The molecule has 1 N–H and O–H groups in total. The highest BCUT2D eigenvalue weighted by atomic mass is 16.5. The molecule has 0 unspecified atom stereocenters. The zero-order valence-electron chi connectivity index (χ0n) is 9.79. The van der Waals surface area contributed by atoms with E-state index in [4.69, 9.17) is 4.74 Å². The van der Waals surface area contributed by atoms with E-state index in [0.717, 1.165) is 39.1 Å². The van der Waals surface area contributed by atoms with Crippen molar-refractivity contribution in [3.05, 3.63) is 0 Å². The predicted molar refractivity (Wildman–Crippen MR) is 59.7 cm³/mol. The van der Waals surface area contributed by atoms with E-state index < -0.39 is 0 Å². The van der Waals surface area contributed by atoms with E-state index in [1.807, 2.05) is 7.05 Å². The summed E-state index contributed by atoms with van der Waals surface area (Å²) in [4.78, 5) is 13.6.